The van der Waals surface area contributed by atoms with E-state index in [0.717, 1.165) is 18.2 Å². The Bertz CT molecular complexity index is 705. The van der Waals surface area contributed by atoms with E-state index in [1.54, 1.807) is 0 Å². The van der Waals surface area contributed by atoms with Crippen LogP contribution in [-0.4, -0.2) is 12.9 Å². The molecule has 0 radical (unpaired) electrons. The van der Waals surface area contributed by atoms with Gasteiger partial charge in [-0.05, 0) is 29.8 Å². The Labute approximate surface area is 120 Å². The number of ketones is 1. The minimum atomic E-state index is -1.19. The van der Waals surface area contributed by atoms with Gasteiger partial charge in [-0.2, -0.15) is 5.26 Å². The lowest BCUT2D eigenvalue weighted by Gasteiger charge is -2.10. The summed E-state index contributed by atoms with van der Waals surface area (Å²) in [7, 11) is 1.38. The van der Waals surface area contributed by atoms with E-state index in [1.807, 2.05) is 6.07 Å². The first-order valence-electron chi connectivity index (χ1n) is 6.09. The Morgan fingerprint density at radius 2 is 1.86 bits per heavy atom. The topological polar surface area (TPSA) is 50.1 Å². The van der Waals surface area contributed by atoms with Crippen molar-refractivity contribution < 1.29 is 18.3 Å². The van der Waals surface area contributed by atoms with Gasteiger partial charge in [0.1, 0.15) is 23.3 Å². The van der Waals surface area contributed by atoms with Crippen LogP contribution < -0.4 is 4.74 Å². The third-order valence-electron chi connectivity index (χ3n) is 3.04. The van der Waals surface area contributed by atoms with Crippen molar-refractivity contribution in [2.75, 3.05) is 7.11 Å². The zero-order valence-corrected chi connectivity index (χ0v) is 11.1. The summed E-state index contributed by atoms with van der Waals surface area (Å²) >= 11 is 0. The molecule has 0 aromatic heterocycles. The second kappa shape index (κ2) is 6.14. The van der Waals surface area contributed by atoms with E-state index >= 15 is 0 Å². The Morgan fingerprint density at radius 3 is 2.38 bits per heavy atom. The third-order valence-corrected chi connectivity index (χ3v) is 3.04. The van der Waals surface area contributed by atoms with Crippen molar-refractivity contribution in [3.8, 4) is 11.8 Å². The molecule has 21 heavy (non-hydrogen) atoms. The summed E-state index contributed by atoms with van der Waals surface area (Å²) in [6, 6.07) is 10.6. The number of methoxy groups -OCH3 is 1. The van der Waals surface area contributed by atoms with Gasteiger partial charge in [-0.1, -0.05) is 12.1 Å². The molecular weight excluding hydrogens is 276 g/mol. The fourth-order valence-electron chi connectivity index (χ4n) is 1.92. The monoisotopic (exact) mass is 287 g/mol. The van der Waals surface area contributed by atoms with Gasteiger partial charge in [0.25, 0.3) is 0 Å². The summed E-state index contributed by atoms with van der Waals surface area (Å²) in [5.41, 5.74) is 0.116. The molecule has 0 bridgehead atoms. The Balaban J connectivity index is 2.37. The summed E-state index contributed by atoms with van der Waals surface area (Å²) in [6.45, 7) is 0. The molecule has 0 saturated carbocycles. The number of ether oxygens (including phenoxy) is 1. The highest BCUT2D eigenvalue weighted by molar-refractivity contribution is 6.03. The smallest absolute Gasteiger partial charge is 0.187 e. The Kier molecular flexibility index (Phi) is 4.29. The maximum atomic E-state index is 13.9. The van der Waals surface area contributed by atoms with Gasteiger partial charge in [0.15, 0.2) is 5.78 Å². The number of benzene rings is 2. The molecule has 2 aromatic rings. The average Bonchev–Trinajstić information content (AvgIpc) is 2.49. The lowest BCUT2D eigenvalue weighted by molar-refractivity contribution is 0.0975. The number of nitriles is 1. The Morgan fingerprint density at radius 1 is 1.19 bits per heavy atom. The van der Waals surface area contributed by atoms with Gasteiger partial charge in [-0.15, -0.1) is 0 Å². The van der Waals surface area contributed by atoms with Crippen LogP contribution in [0.2, 0.25) is 0 Å². The van der Waals surface area contributed by atoms with Crippen molar-refractivity contribution in [3.63, 3.8) is 0 Å². The number of halogens is 2. The summed E-state index contributed by atoms with van der Waals surface area (Å²) in [6.07, 6.45) is 0. The van der Waals surface area contributed by atoms with Gasteiger partial charge in [0.2, 0.25) is 0 Å². The van der Waals surface area contributed by atoms with Gasteiger partial charge in [-0.3, -0.25) is 4.79 Å². The van der Waals surface area contributed by atoms with Crippen molar-refractivity contribution in [2.45, 2.75) is 5.92 Å². The van der Waals surface area contributed by atoms with Gasteiger partial charge in [0.05, 0.1) is 18.7 Å². The van der Waals surface area contributed by atoms with E-state index in [1.165, 1.54) is 31.4 Å². The molecule has 0 aliphatic heterocycles. The molecule has 0 aliphatic carbocycles. The van der Waals surface area contributed by atoms with Crippen molar-refractivity contribution in [2.24, 2.45) is 0 Å². The second-order valence-corrected chi connectivity index (χ2v) is 4.32. The quantitative estimate of drug-likeness (QED) is 0.809. The van der Waals surface area contributed by atoms with Crippen molar-refractivity contribution in [1.29, 1.82) is 5.26 Å². The van der Waals surface area contributed by atoms with Gasteiger partial charge < -0.3 is 4.74 Å². The van der Waals surface area contributed by atoms with Crippen LogP contribution in [0, 0.1) is 23.0 Å². The minimum absolute atomic E-state index is 0.202. The summed E-state index contributed by atoms with van der Waals surface area (Å²) in [4.78, 5) is 12.3. The molecule has 3 nitrogen and oxygen atoms in total. The first-order valence-corrected chi connectivity index (χ1v) is 6.09. The number of hydrogen-bond donors (Lipinski definition) is 0. The molecule has 0 heterocycles. The highest BCUT2D eigenvalue weighted by Gasteiger charge is 2.24. The second-order valence-electron chi connectivity index (χ2n) is 4.32. The van der Waals surface area contributed by atoms with Crippen LogP contribution in [0.15, 0.2) is 42.5 Å². The lowest BCUT2D eigenvalue weighted by Crippen LogP contribution is -2.13. The summed E-state index contributed by atoms with van der Waals surface area (Å²) in [5.74, 6) is -2.82. The molecule has 2 aromatic carbocycles. The van der Waals surface area contributed by atoms with Crippen LogP contribution in [-0.2, 0) is 0 Å². The van der Waals surface area contributed by atoms with E-state index in [0.29, 0.717) is 5.56 Å². The molecule has 0 fully saturated rings. The van der Waals surface area contributed by atoms with Crippen molar-refractivity contribution >= 4 is 5.78 Å². The molecule has 0 spiro atoms. The SMILES string of the molecule is COc1ccc(C(=O)C(C#N)c2ccc(F)cc2)c(F)c1. The minimum Gasteiger partial charge on any atom is -0.497 e. The van der Waals surface area contributed by atoms with Crippen LogP contribution in [0.5, 0.6) is 5.75 Å². The maximum absolute atomic E-state index is 13.9. The normalized spacial score (nSPS) is 11.5. The van der Waals surface area contributed by atoms with Gasteiger partial charge in [0, 0.05) is 6.07 Å². The van der Waals surface area contributed by atoms with Crippen molar-refractivity contribution in [3.05, 3.63) is 65.2 Å². The third kappa shape index (κ3) is 3.06. The van der Waals surface area contributed by atoms with E-state index in [4.69, 9.17) is 10.00 Å². The number of carbonyl (C=O) groups is 1. The molecule has 0 N–H and O–H groups in total. The van der Waals surface area contributed by atoms with E-state index in [9.17, 15) is 13.6 Å². The average molecular weight is 287 g/mol. The first-order chi connectivity index (χ1) is 10.1. The van der Waals surface area contributed by atoms with E-state index in [-0.39, 0.29) is 11.3 Å². The first kappa shape index (κ1) is 14.7. The van der Waals surface area contributed by atoms with Crippen LogP contribution in [0.1, 0.15) is 21.8 Å². The summed E-state index contributed by atoms with van der Waals surface area (Å²) in [5, 5.41) is 9.16. The number of hydrogen-bond acceptors (Lipinski definition) is 3. The van der Waals surface area contributed by atoms with Crippen LogP contribution >= 0.6 is 0 Å². The molecule has 0 saturated heterocycles. The fourth-order valence-corrected chi connectivity index (χ4v) is 1.92. The molecular formula is C16H11F2NO2. The highest BCUT2D eigenvalue weighted by Crippen LogP contribution is 2.24. The van der Waals surface area contributed by atoms with E-state index < -0.39 is 23.3 Å². The zero-order valence-electron chi connectivity index (χ0n) is 11.1. The number of carbonyl (C=O) groups excluding carboxylic acids is 1. The number of nitrogens with zero attached hydrogens (tertiary/aromatic N) is 1. The predicted octanol–water partition coefficient (Wildman–Crippen LogP) is 3.46. The van der Waals surface area contributed by atoms with Gasteiger partial charge in [-0.25, -0.2) is 8.78 Å². The summed E-state index contributed by atoms with van der Waals surface area (Å²) < 4.78 is 31.6. The highest BCUT2D eigenvalue weighted by atomic mass is 19.1. The zero-order chi connectivity index (χ0) is 15.4. The van der Waals surface area contributed by atoms with Crippen LogP contribution in [0.3, 0.4) is 0 Å². The molecule has 2 rings (SSSR count). The fraction of sp³-hybridized carbons (Fsp3) is 0.125. The predicted molar refractivity (Wildman–Crippen MR) is 72.0 cm³/mol. The van der Waals surface area contributed by atoms with Gasteiger partial charge >= 0.3 is 0 Å². The Hall–Kier alpha value is -2.74. The molecule has 1 unspecified atom stereocenters. The number of Topliss-reactive ketones (excluding diaryl/α,β-unsaturated/α-hetero) is 1. The number of rotatable bonds is 4. The molecule has 1 atom stereocenters. The molecule has 0 amide bonds. The van der Waals surface area contributed by atoms with E-state index in [2.05, 4.69) is 0 Å². The lowest BCUT2D eigenvalue weighted by atomic mass is 9.91. The largest absolute Gasteiger partial charge is 0.497 e. The van der Waals surface area contributed by atoms with Crippen molar-refractivity contribution in [1.82, 2.24) is 0 Å². The molecule has 0 aliphatic rings. The molecule has 5 heteroatoms. The van der Waals surface area contributed by atoms with Crippen LogP contribution in [0.25, 0.3) is 0 Å². The maximum Gasteiger partial charge on any atom is 0.187 e. The van der Waals surface area contributed by atoms with Crippen LogP contribution in [0.4, 0.5) is 8.78 Å². The standard InChI is InChI=1S/C16H11F2NO2/c1-21-12-6-7-13(15(18)8-12)16(20)14(9-19)10-2-4-11(17)5-3-10/h2-8,14H,1H3. The molecule has 106 valence electrons.